The molecule has 18 heavy (non-hydrogen) atoms. The largest absolute Gasteiger partial charge is 0.399 e. The van der Waals surface area contributed by atoms with E-state index in [9.17, 15) is 22.3 Å². The summed E-state index contributed by atoms with van der Waals surface area (Å²) < 4.78 is 52.0. The lowest BCUT2D eigenvalue weighted by molar-refractivity contribution is 0.189. The lowest BCUT2D eigenvalue weighted by atomic mass is 10.3. The van der Waals surface area contributed by atoms with Crippen molar-refractivity contribution in [3.63, 3.8) is 0 Å². The lowest BCUT2D eigenvalue weighted by Gasteiger charge is -2.16. The molecule has 1 aliphatic heterocycles. The summed E-state index contributed by atoms with van der Waals surface area (Å²) in [5.74, 6) is -2.46. The number of nitrogens with zero attached hydrogens (tertiary/aromatic N) is 1. The molecule has 0 bridgehead atoms. The van der Waals surface area contributed by atoms with Crippen molar-refractivity contribution in [3.8, 4) is 0 Å². The van der Waals surface area contributed by atoms with E-state index in [4.69, 9.17) is 5.73 Å². The SMILES string of the molecule is Nc1cc(F)c(S(=O)(=O)N2CC[C@@H](O)C2)c(F)c1. The second-order valence-electron chi connectivity index (χ2n) is 4.12. The smallest absolute Gasteiger partial charge is 0.249 e. The number of nitrogens with two attached hydrogens (primary N) is 1. The van der Waals surface area contributed by atoms with E-state index >= 15 is 0 Å². The number of aliphatic hydroxyl groups excluding tert-OH is 1. The zero-order chi connectivity index (χ0) is 13.5. The first-order valence-corrected chi connectivity index (χ1v) is 6.69. The van der Waals surface area contributed by atoms with Crippen molar-refractivity contribution in [3.05, 3.63) is 23.8 Å². The molecule has 0 aromatic heterocycles. The number of benzene rings is 1. The van der Waals surface area contributed by atoms with Crippen LogP contribution >= 0.6 is 0 Å². The topological polar surface area (TPSA) is 83.6 Å². The highest BCUT2D eigenvalue weighted by atomic mass is 32.2. The quantitative estimate of drug-likeness (QED) is 0.762. The van der Waals surface area contributed by atoms with Crippen LogP contribution in [0.2, 0.25) is 0 Å². The van der Waals surface area contributed by atoms with Crippen LogP contribution in [0.1, 0.15) is 6.42 Å². The molecule has 1 saturated heterocycles. The third kappa shape index (κ3) is 2.18. The Labute approximate surface area is 103 Å². The van der Waals surface area contributed by atoms with Crippen LogP contribution in [0, 0.1) is 11.6 Å². The van der Waals surface area contributed by atoms with Gasteiger partial charge in [0, 0.05) is 18.8 Å². The van der Waals surface area contributed by atoms with Crippen molar-refractivity contribution in [2.45, 2.75) is 17.4 Å². The Morgan fingerprint density at radius 3 is 2.33 bits per heavy atom. The number of nitrogen functional groups attached to an aromatic ring is 1. The summed E-state index contributed by atoms with van der Waals surface area (Å²) in [5.41, 5.74) is 5.03. The second-order valence-corrected chi connectivity index (χ2v) is 5.99. The Morgan fingerprint density at radius 2 is 1.89 bits per heavy atom. The van der Waals surface area contributed by atoms with Crippen LogP contribution in [0.5, 0.6) is 0 Å². The van der Waals surface area contributed by atoms with Gasteiger partial charge in [0.15, 0.2) is 4.90 Å². The predicted octanol–water partition coefficient (Wildman–Crippen LogP) is 0.302. The van der Waals surface area contributed by atoms with Crippen LogP contribution in [-0.4, -0.2) is 37.0 Å². The molecular weight excluding hydrogens is 266 g/mol. The molecule has 8 heteroatoms. The van der Waals surface area contributed by atoms with Crippen molar-refractivity contribution < 1.29 is 22.3 Å². The highest BCUT2D eigenvalue weighted by molar-refractivity contribution is 7.89. The van der Waals surface area contributed by atoms with Gasteiger partial charge in [-0.25, -0.2) is 17.2 Å². The number of β-amino-alcohol motifs (C(OH)–C–C–N with tert-alkyl or cyclic N) is 1. The standard InChI is InChI=1S/C10H12F2N2O3S/c11-8-3-6(13)4-9(12)10(8)18(16,17)14-2-1-7(15)5-14/h3-4,7,15H,1-2,5,13H2/t7-/m1/s1. The Balaban J connectivity index is 2.48. The van der Waals surface area contributed by atoms with Gasteiger partial charge in [0.25, 0.3) is 0 Å². The first-order valence-electron chi connectivity index (χ1n) is 5.25. The minimum atomic E-state index is -4.28. The van der Waals surface area contributed by atoms with E-state index in [0.717, 1.165) is 16.4 Å². The molecule has 0 aliphatic carbocycles. The summed E-state index contributed by atoms with van der Waals surface area (Å²) in [6, 6.07) is 1.50. The van der Waals surface area contributed by atoms with Gasteiger partial charge in [-0.3, -0.25) is 0 Å². The van der Waals surface area contributed by atoms with Crippen LogP contribution in [-0.2, 0) is 10.0 Å². The number of rotatable bonds is 2. The van der Waals surface area contributed by atoms with Crippen LogP contribution < -0.4 is 5.73 Å². The van der Waals surface area contributed by atoms with Gasteiger partial charge < -0.3 is 10.8 Å². The fraction of sp³-hybridized carbons (Fsp3) is 0.400. The Kier molecular flexibility index (Phi) is 3.26. The summed E-state index contributed by atoms with van der Waals surface area (Å²) in [4.78, 5) is -1.02. The van der Waals surface area contributed by atoms with E-state index in [-0.39, 0.29) is 25.2 Å². The van der Waals surface area contributed by atoms with Gasteiger partial charge in [0.05, 0.1) is 6.10 Å². The fourth-order valence-corrected chi connectivity index (χ4v) is 3.47. The molecular formula is C10H12F2N2O3S. The molecule has 3 N–H and O–H groups in total. The van der Waals surface area contributed by atoms with Crippen molar-refractivity contribution in [2.75, 3.05) is 18.8 Å². The second kappa shape index (κ2) is 4.45. The van der Waals surface area contributed by atoms with Crippen molar-refractivity contribution >= 4 is 15.7 Å². The summed E-state index contributed by atoms with van der Waals surface area (Å²) in [6.07, 6.45) is -0.558. The zero-order valence-corrected chi connectivity index (χ0v) is 10.1. The normalized spacial score (nSPS) is 21.4. The third-order valence-electron chi connectivity index (χ3n) is 2.74. The van der Waals surface area contributed by atoms with Gasteiger partial charge in [-0.15, -0.1) is 0 Å². The third-order valence-corrected chi connectivity index (χ3v) is 4.66. The number of sulfonamides is 1. The molecule has 1 aromatic carbocycles. The molecule has 1 aromatic rings. The molecule has 0 amide bonds. The van der Waals surface area contributed by atoms with Crippen LogP contribution in [0.3, 0.4) is 0 Å². The number of halogens is 2. The van der Waals surface area contributed by atoms with E-state index in [2.05, 4.69) is 0 Å². The lowest BCUT2D eigenvalue weighted by Crippen LogP contribution is -2.31. The monoisotopic (exact) mass is 278 g/mol. The maximum absolute atomic E-state index is 13.6. The maximum atomic E-state index is 13.6. The molecule has 1 fully saturated rings. The minimum Gasteiger partial charge on any atom is -0.399 e. The van der Waals surface area contributed by atoms with Gasteiger partial charge in [0.1, 0.15) is 11.6 Å². The highest BCUT2D eigenvalue weighted by Crippen LogP contribution is 2.27. The number of hydrogen-bond acceptors (Lipinski definition) is 4. The van der Waals surface area contributed by atoms with E-state index in [0.29, 0.717) is 0 Å². The number of hydrogen-bond donors (Lipinski definition) is 2. The molecule has 0 unspecified atom stereocenters. The van der Waals surface area contributed by atoms with Crippen LogP contribution in [0.25, 0.3) is 0 Å². The summed E-state index contributed by atoms with van der Waals surface area (Å²) in [6.45, 7) is -0.127. The van der Waals surface area contributed by atoms with Crippen molar-refractivity contribution in [1.29, 1.82) is 0 Å². The van der Waals surface area contributed by atoms with Gasteiger partial charge in [-0.1, -0.05) is 0 Å². The van der Waals surface area contributed by atoms with Gasteiger partial charge in [0.2, 0.25) is 10.0 Å². The fourth-order valence-electron chi connectivity index (χ4n) is 1.88. The predicted molar refractivity (Wildman–Crippen MR) is 60.2 cm³/mol. The molecule has 1 aliphatic rings. The average Bonchev–Trinajstić information content (AvgIpc) is 2.63. The summed E-state index contributed by atoms with van der Waals surface area (Å²) in [5, 5.41) is 9.28. The molecule has 0 saturated carbocycles. The van der Waals surface area contributed by atoms with Crippen molar-refractivity contribution in [1.82, 2.24) is 4.31 Å². The number of aliphatic hydroxyl groups is 1. The van der Waals surface area contributed by atoms with E-state index in [1.54, 1.807) is 0 Å². The van der Waals surface area contributed by atoms with Gasteiger partial charge in [-0.2, -0.15) is 4.31 Å². The van der Waals surface area contributed by atoms with Gasteiger partial charge in [-0.05, 0) is 18.6 Å². The Morgan fingerprint density at radius 1 is 1.33 bits per heavy atom. The molecule has 5 nitrogen and oxygen atoms in total. The van der Waals surface area contributed by atoms with Crippen LogP contribution in [0.4, 0.5) is 14.5 Å². The van der Waals surface area contributed by atoms with E-state index in [1.165, 1.54) is 0 Å². The molecule has 1 atom stereocenters. The summed E-state index contributed by atoms with van der Waals surface area (Å²) >= 11 is 0. The average molecular weight is 278 g/mol. The first kappa shape index (κ1) is 13.2. The van der Waals surface area contributed by atoms with Crippen molar-refractivity contribution in [2.24, 2.45) is 0 Å². The number of anilines is 1. The molecule has 100 valence electrons. The van der Waals surface area contributed by atoms with Gasteiger partial charge >= 0.3 is 0 Å². The molecule has 0 radical (unpaired) electrons. The molecule has 0 spiro atoms. The minimum absolute atomic E-state index is 0.0345. The molecule has 2 rings (SSSR count). The zero-order valence-electron chi connectivity index (χ0n) is 9.31. The maximum Gasteiger partial charge on any atom is 0.249 e. The highest BCUT2D eigenvalue weighted by Gasteiger charge is 2.35. The summed E-state index contributed by atoms with van der Waals surface area (Å²) in [7, 11) is -4.28. The van der Waals surface area contributed by atoms with E-state index < -0.39 is 32.7 Å². The first-order chi connectivity index (χ1) is 8.32. The Hall–Kier alpha value is -1.25. The molecule has 1 heterocycles. The van der Waals surface area contributed by atoms with Crippen LogP contribution in [0.15, 0.2) is 17.0 Å². The van der Waals surface area contributed by atoms with E-state index in [1.807, 2.05) is 0 Å². The Bertz CT molecular complexity index is 553.